The molecule has 0 bridgehead atoms. The predicted molar refractivity (Wildman–Crippen MR) is 68.9 cm³/mol. The first kappa shape index (κ1) is 16.4. The Hall–Kier alpha value is -1.63. The average Bonchev–Trinajstić information content (AvgIpc) is 2.89. The van der Waals surface area contributed by atoms with Gasteiger partial charge in [-0.05, 0) is 19.3 Å². The summed E-state index contributed by atoms with van der Waals surface area (Å²) in [6, 6.07) is -1.10. The van der Waals surface area contributed by atoms with E-state index in [4.69, 9.17) is 9.47 Å². The second-order valence-corrected chi connectivity index (χ2v) is 4.87. The van der Waals surface area contributed by atoms with Gasteiger partial charge >= 0.3 is 11.9 Å². The summed E-state index contributed by atoms with van der Waals surface area (Å²) in [5.74, 6) is -2.83. The minimum Gasteiger partial charge on any atom is -0.480 e. The number of carbonyl (C=O) groups is 3. The van der Waals surface area contributed by atoms with E-state index >= 15 is 0 Å². The molecule has 114 valence electrons. The lowest BCUT2D eigenvalue weighted by atomic mass is 9.97. The van der Waals surface area contributed by atoms with Crippen molar-refractivity contribution >= 4 is 17.8 Å². The summed E-state index contributed by atoms with van der Waals surface area (Å²) in [4.78, 5) is 34.5. The Morgan fingerprint density at radius 3 is 2.65 bits per heavy atom. The molecule has 0 radical (unpaired) electrons. The lowest BCUT2D eigenvalue weighted by molar-refractivity contribution is -0.147. The Morgan fingerprint density at radius 1 is 1.45 bits per heavy atom. The van der Waals surface area contributed by atoms with Crippen LogP contribution in [0.2, 0.25) is 0 Å². The molecule has 0 saturated carbocycles. The lowest BCUT2D eigenvalue weighted by Crippen LogP contribution is -2.48. The molecule has 0 unspecified atom stereocenters. The third-order valence-corrected chi connectivity index (χ3v) is 3.23. The molecule has 1 fully saturated rings. The number of rotatable bonds is 7. The zero-order valence-electron chi connectivity index (χ0n) is 11.8. The first-order valence-corrected chi connectivity index (χ1v) is 6.72. The largest absolute Gasteiger partial charge is 0.480 e. The van der Waals surface area contributed by atoms with Crippen molar-refractivity contribution < 1.29 is 29.0 Å². The van der Waals surface area contributed by atoms with E-state index in [1.54, 1.807) is 13.8 Å². The molecule has 1 aliphatic heterocycles. The van der Waals surface area contributed by atoms with E-state index in [-0.39, 0.29) is 24.9 Å². The number of ether oxygens (including phenoxy) is 2. The van der Waals surface area contributed by atoms with Gasteiger partial charge in [0, 0.05) is 6.61 Å². The fourth-order valence-electron chi connectivity index (χ4n) is 2.06. The summed E-state index contributed by atoms with van der Waals surface area (Å²) in [7, 11) is 0. The Morgan fingerprint density at radius 2 is 2.15 bits per heavy atom. The summed E-state index contributed by atoms with van der Waals surface area (Å²) in [6.07, 6.45) is 0.538. The lowest BCUT2D eigenvalue weighted by Gasteiger charge is -2.22. The smallest absolute Gasteiger partial charge is 0.326 e. The van der Waals surface area contributed by atoms with Crippen LogP contribution in [0.4, 0.5) is 0 Å². The van der Waals surface area contributed by atoms with Crippen LogP contribution in [-0.4, -0.2) is 48.8 Å². The van der Waals surface area contributed by atoms with Crippen LogP contribution in [0.5, 0.6) is 0 Å². The van der Waals surface area contributed by atoms with Crippen molar-refractivity contribution in [2.24, 2.45) is 11.8 Å². The summed E-state index contributed by atoms with van der Waals surface area (Å²) < 4.78 is 9.88. The van der Waals surface area contributed by atoms with Gasteiger partial charge in [-0.2, -0.15) is 0 Å². The Balaban J connectivity index is 2.56. The summed E-state index contributed by atoms with van der Waals surface area (Å²) in [5.41, 5.74) is 0. The molecule has 3 atom stereocenters. The first-order chi connectivity index (χ1) is 9.45. The highest BCUT2D eigenvalue weighted by molar-refractivity contribution is 5.85. The molecule has 2 N–H and O–H groups in total. The molecular weight excluding hydrogens is 266 g/mol. The van der Waals surface area contributed by atoms with Crippen LogP contribution < -0.4 is 5.32 Å². The average molecular weight is 287 g/mol. The predicted octanol–water partition coefficient (Wildman–Crippen LogP) is 0.182. The highest BCUT2D eigenvalue weighted by Gasteiger charge is 2.32. The maximum absolute atomic E-state index is 11.9. The second-order valence-electron chi connectivity index (χ2n) is 4.87. The molecule has 1 rings (SSSR count). The molecule has 1 heterocycles. The summed E-state index contributed by atoms with van der Waals surface area (Å²) in [6.45, 7) is 4.34. The molecule has 0 aromatic heterocycles. The molecule has 1 amide bonds. The quantitative estimate of drug-likeness (QED) is 0.648. The van der Waals surface area contributed by atoms with Gasteiger partial charge in [-0.3, -0.25) is 9.59 Å². The van der Waals surface area contributed by atoms with Gasteiger partial charge in [-0.15, -0.1) is 0 Å². The molecule has 0 aromatic carbocycles. The van der Waals surface area contributed by atoms with Gasteiger partial charge in [-0.25, -0.2) is 4.79 Å². The van der Waals surface area contributed by atoms with Crippen molar-refractivity contribution in [2.75, 3.05) is 19.8 Å². The van der Waals surface area contributed by atoms with E-state index in [0.717, 1.165) is 0 Å². The molecule has 0 aliphatic carbocycles. The first-order valence-electron chi connectivity index (χ1n) is 6.72. The van der Waals surface area contributed by atoms with Gasteiger partial charge in [0.05, 0.1) is 25.6 Å². The zero-order chi connectivity index (χ0) is 15.1. The molecule has 7 heteroatoms. The summed E-state index contributed by atoms with van der Waals surface area (Å²) >= 11 is 0. The van der Waals surface area contributed by atoms with Crippen LogP contribution in [0.1, 0.15) is 26.7 Å². The molecule has 1 aliphatic rings. The van der Waals surface area contributed by atoms with Crippen molar-refractivity contribution in [3.8, 4) is 0 Å². The molecule has 0 spiro atoms. The Kier molecular flexibility index (Phi) is 6.44. The second kappa shape index (κ2) is 7.84. The number of amides is 1. The van der Waals surface area contributed by atoms with Crippen molar-refractivity contribution in [2.45, 2.75) is 32.7 Å². The van der Waals surface area contributed by atoms with Crippen LogP contribution in [0.3, 0.4) is 0 Å². The van der Waals surface area contributed by atoms with Crippen molar-refractivity contribution in [1.82, 2.24) is 5.32 Å². The monoisotopic (exact) mass is 287 g/mol. The normalized spacial score (nSPS) is 21.0. The van der Waals surface area contributed by atoms with Gasteiger partial charge in [0.2, 0.25) is 5.91 Å². The number of aliphatic carboxylic acids is 1. The molecular formula is C13H21NO6. The van der Waals surface area contributed by atoms with E-state index in [1.165, 1.54) is 0 Å². The highest BCUT2D eigenvalue weighted by Crippen LogP contribution is 2.15. The van der Waals surface area contributed by atoms with Crippen LogP contribution >= 0.6 is 0 Å². The number of esters is 1. The number of carboxylic acids is 1. The summed E-state index contributed by atoms with van der Waals surface area (Å²) in [5, 5.41) is 11.7. The third-order valence-electron chi connectivity index (χ3n) is 3.23. The number of hydrogen-bond acceptors (Lipinski definition) is 5. The molecule has 20 heavy (non-hydrogen) atoms. The maximum Gasteiger partial charge on any atom is 0.326 e. The van der Waals surface area contributed by atoms with Gasteiger partial charge in [0.15, 0.2) is 0 Å². The number of carboxylic acid groups (broad SMARTS) is 1. The van der Waals surface area contributed by atoms with Gasteiger partial charge in [0.1, 0.15) is 6.04 Å². The minimum atomic E-state index is -1.16. The SMILES string of the molecule is CCOC(=O)C[C@@H](C)[C@H](NC(=O)[C@H]1CCOC1)C(=O)O. The van der Waals surface area contributed by atoms with Crippen molar-refractivity contribution in [3.05, 3.63) is 0 Å². The fourth-order valence-corrected chi connectivity index (χ4v) is 2.06. The topological polar surface area (TPSA) is 102 Å². The van der Waals surface area contributed by atoms with Gasteiger partial charge in [-0.1, -0.05) is 6.92 Å². The van der Waals surface area contributed by atoms with Crippen LogP contribution in [-0.2, 0) is 23.9 Å². The van der Waals surface area contributed by atoms with Crippen molar-refractivity contribution in [3.63, 3.8) is 0 Å². The minimum absolute atomic E-state index is 0.0494. The molecule has 1 saturated heterocycles. The van der Waals surface area contributed by atoms with Crippen molar-refractivity contribution in [1.29, 1.82) is 0 Å². The molecule has 0 aromatic rings. The van der Waals surface area contributed by atoms with Crippen LogP contribution in [0, 0.1) is 11.8 Å². The zero-order valence-corrected chi connectivity index (χ0v) is 11.8. The Labute approximate surface area is 117 Å². The Bertz CT molecular complexity index is 364. The van der Waals surface area contributed by atoms with Gasteiger partial charge < -0.3 is 19.9 Å². The standard InChI is InChI=1S/C13H21NO6/c1-3-20-10(15)6-8(2)11(13(17)18)14-12(16)9-4-5-19-7-9/h8-9,11H,3-7H2,1-2H3,(H,14,16)(H,17,18)/t8-,9+,11+/m1/s1. The van der Waals surface area contributed by atoms with E-state index in [1.807, 2.05) is 0 Å². The maximum atomic E-state index is 11.9. The fraction of sp³-hybridized carbons (Fsp3) is 0.769. The number of carbonyl (C=O) groups excluding carboxylic acids is 2. The van der Waals surface area contributed by atoms with E-state index in [2.05, 4.69) is 5.32 Å². The van der Waals surface area contributed by atoms with E-state index in [9.17, 15) is 19.5 Å². The van der Waals surface area contributed by atoms with Gasteiger partial charge in [0.25, 0.3) is 0 Å². The molecule has 7 nitrogen and oxygen atoms in total. The number of hydrogen-bond donors (Lipinski definition) is 2. The number of nitrogens with one attached hydrogen (secondary N) is 1. The van der Waals surface area contributed by atoms with Crippen LogP contribution in [0.25, 0.3) is 0 Å². The van der Waals surface area contributed by atoms with Crippen LogP contribution in [0.15, 0.2) is 0 Å². The highest BCUT2D eigenvalue weighted by atomic mass is 16.5. The van der Waals surface area contributed by atoms with E-state index in [0.29, 0.717) is 19.6 Å². The van der Waals surface area contributed by atoms with E-state index < -0.39 is 23.9 Å². The third kappa shape index (κ3) is 4.80.